The summed E-state index contributed by atoms with van der Waals surface area (Å²) in [7, 11) is 0. The van der Waals surface area contributed by atoms with Crippen LogP contribution in [0.15, 0.2) is 121 Å². The number of carbonyl (C=O) groups is 1. The van der Waals surface area contributed by atoms with Gasteiger partial charge in [0.05, 0.1) is 11.0 Å². The first kappa shape index (κ1) is 20.0. The molecule has 0 N–H and O–H groups in total. The van der Waals surface area contributed by atoms with Gasteiger partial charge in [-0.1, -0.05) is 66.7 Å². The van der Waals surface area contributed by atoms with Crippen LogP contribution in [-0.2, 0) is 0 Å². The normalized spacial score (nSPS) is 11.1. The summed E-state index contributed by atoms with van der Waals surface area (Å²) in [6.45, 7) is 0. The number of benzene rings is 5. The summed E-state index contributed by atoms with van der Waals surface area (Å²) in [5, 5.41) is 2.39. The third kappa shape index (κ3) is 3.54. The SMILES string of the molecule is O=Cc1ccc(-c2ccc3c(c2)c2ccccc2n3-c2ccc(Oc3ccccc3)cc2)cc1. The quantitative estimate of drug-likeness (QED) is 0.254. The zero-order valence-corrected chi connectivity index (χ0v) is 18.4. The van der Waals surface area contributed by atoms with Crippen molar-refractivity contribution >= 4 is 28.1 Å². The molecule has 0 aliphatic heterocycles. The number of nitrogens with zero attached hydrogens (tertiary/aromatic N) is 1. The molecule has 5 aromatic carbocycles. The van der Waals surface area contributed by atoms with Crippen molar-refractivity contribution in [3.63, 3.8) is 0 Å². The van der Waals surface area contributed by atoms with Crippen molar-refractivity contribution in [2.24, 2.45) is 0 Å². The maximum Gasteiger partial charge on any atom is 0.150 e. The lowest BCUT2D eigenvalue weighted by Gasteiger charge is -2.10. The third-order valence-electron chi connectivity index (χ3n) is 6.13. The number of aromatic nitrogens is 1. The molecule has 0 aliphatic carbocycles. The van der Waals surface area contributed by atoms with E-state index in [1.165, 1.54) is 10.8 Å². The van der Waals surface area contributed by atoms with Gasteiger partial charge in [0, 0.05) is 22.0 Å². The number of hydrogen-bond donors (Lipinski definition) is 0. The van der Waals surface area contributed by atoms with Crippen molar-refractivity contribution in [1.82, 2.24) is 4.57 Å². The first-order valence-corrected chi connectivity index (χ1v) is 11.2. The molecule has 0 unspecified atom stereocenters. The minimum atomic E-state index is 0.682. The Morgan fingerprint density at radius 2 is 1.21 bits per heavy atom. The Morgan fingerprint density at radius 1 is 0.559 bits per heavy atom. The maximum atomic E-state index is 11.0. The highest BCUT2D eigenvalue weighted by Crippen LogP contribution is 2.35. The van der Waals surface area contributed by atoms with E-state index in [2.05, 4.69) is 59.2 Å². The summed E-state index contributed by atoms with van der Waals surface area (Å²) < 4.78 is 8.26. The van der Waals surface area contributed by atoms with Crippen molar-refractivity contribution in [1.29, 1.82) is 0 Å². The van der Waals surface area contributed by atoms with Gasteiger partial charge in [-0.15, -0.1) is 0 Å². The smallest absolute Gasteiger partial charge is 0.150 e. The Bertz CT molecular complexity index is 1610. The van der Waals surface area contributed by atoms with Crippen LogP contribution in [0.1, 0.15) is 10.4 Å². The molecule has 0 atom stereocenters. The maximum absolute atomic E-state index is 11.0. The number of carbonyl (C=O) groups excluding carboxylic acids is 1. The van der Waals surface area contributed by atoms with Crippen LogP contribution in [0.2, 0.25) is 0 Å². The highest BCUT2D eigenvalue weighted by atomic mass is 16.5. The van der Waals surface area contributed by atoms with Crippen LogP contribution in [0, 0.1) is 0 Å². The van der Waals surface area contributed by atoms with E-state index in [1.54, 1.807) is 0 Å². The molecule has 6 aromatic rings. The molecule has 0 fully saturated rings. The first-order chi connectivity index (χ1) is 16.8. The zero-order valence-electron chi connectivity index (χ0n) is 18.4. The topological polar surface area (TPSA) is 31.2 Å². The van der Waals surface area contributed by atoms with E-state index >= 15 is 0 Å². The van der Waals surface area contributed by atoms with Crippen LogP contribution in [-0.4, -0.2) is 10.9 Å². The van der Waals surface area contributed by atoms with E-state index in [0.717, 1.165) is 45.6 Å². The molecule has 6 rings (SSSR count). The fraction of sp³-hybridized carbons (Fsp3) is 0. The molecule has 1 aromatic heterocycles. The number of rotatable bonds is 5. The standard InChI is InChI=1S/C31H21NO2/c33-21-22-10-12-23(13-11-22)24-14-19-31-29(20-24)28-8-4-5-9-30(28)32(31)25-15-17-27(18-16-25)34-26-6-2-1-3-7-26/h1-21H. The molecule has 3 nitrogen and oxygen atoms in total. The summed E-state index contributed by atoms with van der Waals surface area (Å²) in [6, 6.07) is 40.7. The molecule has 0 radical (unpaired) electrons. The number of hydrogen-bond acceptors (Lipinski definition) is 2. The Morgan fingerprint density at radius 3 is 1.97 bits per heavy atom. The van der Waals surface area contributed by atoms with Crippen LogP contribution < -0.4 is 4.74 Å². The Balaban J connectivity index is 1.44. The second-order valence-corrected chi connectivity index (χ2v) is 8.23. The van der Waals surface area contributed by atoms with Crippen LogP contribution in [0.4, 0.5) is 0 Å². The highest BCUT2D eigenvalue weighted by Gasteiger charge is 2.13. The first-order valence-electron chi connectivity index (χ1n) is 11.2. The molecule has 34 heavy (non-hydrogen) atoms. The molecule has 162 valence electrons. The van der Waals surface area contributed by atoms with Crippen molar-refractivity contribution in [3.05, 3.63) is 127 Å². The van der Waals surface area contributed by atoms with Crippen LogP contribution >= 0.6 is 0 Å². The summed E-state index contributed by atoms with van der Waals surface area (Å²) >= 11 is 0. The average molecular weight is 440 g/mol. The summed E-state index contributed by atoms with van der Waals surface area (Å²) in [5.41, 5.74) is 6.27. The molecule has 0 saturated heterocycles. The van der Waals surface area contributed by atoms with Crippen LogP contribution in [0.3, 0.4) is 0 Å². The second kappa shape index (κ2) is 8.38. The van der Waals surface area contributed by atoms with Gasteiger partial charge in [-0.2, -0.15) is 0 Å². The molecule has 1 heterocycles. The number of para-hydroxylation sites is 2. The van der Waals surface area contributed by atoms with Crippen molar-refractivity contribution < 1.29 is 9.53 Å². The lowest BCUT2D eigenvalue weighted by molar-refractivity contribution is 0.112. The zero-order chi connectivity index (χ0) is 22.9. The number of fused-ring (bicyclic) bond motifs is 3. The van der Waals surface area contributed by atoms with Crippen molar-refractivity contribution in [2.45, 2.75) is 0 Å². The molecule has 0 saturated carbocycles. The Labute approximate surface area is 197 Å². The van der Waals surface area contributed by atoms with Gasteiger partial charge in [0.15, 0.2) is 0 Å². The molecular formula is C31H21NO2. The Hall–Kier alpha value is -4.63. The van der Waals surface area contributed by atoms with Gasteiger partial charge in [0.25, 0.3) is 0 Å². The Kier molecular flexibility index (Phi) is 4.93. The van der Waals surface area contributed by atoms with E-state index in [4.69, 9.17) is 4.74 Å². The van der Waals surface area contributed by atoms with E-state index in [9.17, 15) is 4.79 Å². The van der Waals surface area contributed by atoms with E-state index < -0.39 is 0 Å². The number of ether oxygens (including phenoxy) is 1. The average Bonchev–Trinajstić information content (AvgIpc) is 3.23. The molecule has 0 spiro atoms. The molecular weight excluding hydrogens is 418 g/mol. The van der Waals surface area contributed by atoms with Gasteiger partial charge in [0.2, 0.25) is 0 Å². The van der Waals surface area contributed by atoms with Crippen LogP contribution in [0.25, 0.3) is 38.6 Å². The third-order valence-corrected chi connectivity index (χ3v) is 6.13. The lowest BCUT2D eigenvalue weighted by atomic mass is 10.0. The van der Waals surface area contributed by atoms with E-state index in [1.807, 2.05) is 66.7 Å². The van der Waals surface area contributed by atoms with Crippen molar-refractivity contribution in [3.8, 4) is 28.3 Å². The minimum Gasteiger partial charge on any atom is -0.457 e. The van der Waals surface area contributed by atoms with E-state index in [-0.39, 0.29) is 0 Å². The van der Waals surface area contributed by atoms with Gasteiger partial charge >= 0.3 is 0 Å². The minimum absolute atomic E-state index is 0.682. The molecule has 0 aliphatic rings. The van der Waals surface area contributed by atoms with Gasteiger partial charge in [-0.3, -0.25) is 4.79 Å². The highest BCUT2D eigenvalue weighted by molar-refractivity contribution is 6.10. The summed E-state index contributed by atoms with van der Waals surface area (Å²) in [5.74, 6) is 1.62. The second-order valence-electron chi connectivity index (χ2n) is 8.23. The summed E-state index contributed by atoms with van der Waals surface area (Å²) in [4.78, 5) is 11.0. The van der Waals surface area contributed by atoms with E-state index in [0.29, 0.717) is 5.56 Å². The predicted molar refractivity (Wildman–Crippen MR) is 138 cm³/mol. The van der Waals surface area contributed by atoms with Gasteiger partial charge in [-0.05, 0) is 65.7 Å². The lowest BCUT2D eigenvalue weighted by Crippen LogP contribution is -1.94. The molecule has 0 amide bonds. The van der Waals surface area contributed by atoms with Gasteiger partial charge in [-0.25, -0.2) is 0 Å². The van der Waals surface area contributed by atoms with Gasteiger partial charge < -0.3 is 9.30 Å². The fourth-order valence-corrected chi connectivity index (χ4v) is 4.47. The molecule has 3 heteroatoms. The summed E-state index contributed by atoms with van der Waals surface area (Å²) in [6.07, 6.45) is 0.872. The molecule has 0 bridgehead atoms. The van der Waals surface area contributed by atoms with Crippen molar-refractivity contribution in [2.75, 3.05) is 0 Å². The predicted octanol–water partition coefficient (Wildman–Crippen LogP) is 8.06. The van der Waals surface area contributed by atoms with Gasteiger partial charge in [0.1, 0.15) is 17.8 Å². The monoisotopic (exact) mass is 439 g/mol. The van der Waals surface area contributed by atoms with Crippen LogP contribution in [0.5, 0.6) is 11.5 Å². The fourth-order valence-electron chi connectivity index (χ4n) is 4.47. The largest absolute Gasteiger partial charge is 0.457 e. The number of aldehydes is 1.